The van der Waals surface area contributed by atoms with Crippen molar-refractivity contribution in [2.45, 2.75) is 23.9 Å². The van der Waals surface area contributed by atoms with Crippen LogP contribution < -0.4 is 4.72 Å². The van der Waals surface area contributed by atoms with Gasteiger partial charge in [-0.05, 0) is 36.8 Å². The van der Waals surface area contributed by atoms with E-state index in [2.05, 4.69) is 9.62 Å². The van der Waals surface area contributed by atoms with Crippen LogP contribution in [0.3, 0.4) is 0 Å². The minimum Gasteiger partial charge on any atom is -0.379 e. The van der Waals surface area contributed by atoms with Gasteiger partial charge in [-0.25, -0.2) is 13.1 Å². The molecular weight excluding hydrogens is 372 g/mol. The normalized spacial score (nSPS) is 18.4. The van der Waals surface area contributed by atoms with Crippen molar-refractivity contribution in [1.82, 2.24) is 9.62 Å². The topological polar surface area (TPSA) is 58.6 Å². The molecule has 140 valence electrons. The summed E-state index contributed by atoms with van der Waals surface area (Å²) in [6.07, 6.45) is 0. The van der Waals surface area contributed by atoms with Crippen LogP contribution in [0.1, 0.15) is 18.5 Å². The average Bonchev–Trinajstić information content (AvgIpc) is 2.63. The second-order valence-electron chi connectivity index (χ2n) is 6.37. The van der Waals surface area contributed by atoms with Gasteiger partial charge >= 0.3 is 0 Å². The van der Waals surface area contributed by atoms with Crippen LogP contribution in [0.5, 0.6) is 0 Å². The van der Waals surface area contributed by atoms with Crippen LogP contribution in [0.15, 0.2) is 59.5 Å². The Bertz CT molecular complexity index is 806. The van der Waals surface area contributed by atoms with E-state index in [0.717, 1.165) is 18.7 Å². The molecule has 1 N–H and O–H groups in total. The van der Waals surface area contributed by atoms with Gasteiger partial charge in [-0.15, -0.1) is 0 Å². The Balaban J connectivity index is 1.85. The number of nitrogens with one attached hydrogen (secondary N) is 1. The zero-order valence-electron chi connectivity index (χ0n) is 14.6. The second kappa shape index (κ2) is 8.50. The number of rotatable bonds is 6. The Morgan fingerprint density at radius 3 is 2.27 bits per heavy atom. The molecule has 2 aromatic rings. The first-order chi connectivity index (χ1) is 12.5. The maximum Gasteiger partial charge on any atom is 0.240 e. The standard InChI is InChI=1S/C19H23ClN2O3S/c1-15(21-26(23,24)18-9-7-17(20)8-10-18)19(16-5-3-2-4-6-16)22-11-13-25-14-12-22/h2-10,15,19,21H,11-14H2,1H3/t15-,19+/m0/s1. The van der Waals surface area contributed by atoms with Gasteiger partial charge in [0.25, 0.3) is 0 Å². The van der Waals surface area contributed by atoms with Crippen molar-refractivity contribution in [2.24, 2.45) is 0 Å². The van der Waals surface area contributed by atoms with E-state index >= 15 is 0 Å². The summed E-state index contributed by atoms with van der Waals surface area (Å²) in [5, 5.41) is 0.507. The van der Waals surface area contributed by atoms with Crippen LogP contribution in [-0.4, -0.2) is 45.7 Å². The van der Waals surface area contributed by atoms with Gasteiger partial charge in [0.1, 0.15) is 0 Å². The van der Waals surface area contributed by atoms with Crippen LogP contribution in [-0.2, 0) is 14.8 Å². The number of benzene rings is 2. The van der Waals surface area contributed by atoms with Crippen molar-refractivity contribution in [3.05, 3.63) is 65.2 Å². The fraction of sp³-hybridized carbons (Fsp3) is 0.368. The molecule has 2 atom stereocenters. The maximum atomic E-state index is 12.8. The summed E-state index contributed by atoms with van der Waals surface area (Å²) >= 11 is 5.87. The van der Waals surface area contributed by atoms with Crippen molar-refractivity contribution in [3.63, 3.8) is 0 Å². The van der Waals surface area contributed by atoms with Gasteiger partial charge in [0.05, 0.1) is 24.2 Å². The minimum absolute atomic E-state index is 0.0674. The van der Waals surface area contributed by atoms with E-state index in [1.807, 2.05) is 37.3 Å². The largest absolute Gasteiger partial charge is 0.379 e. The summed E-state index contributed by atoms with van der Waals surface area (Å²) in [6.45, 7) is 4.75. The fourth-order valence-corrected chi connectivity index (χ4v) is 4.69. The molecule has 5 nitrogen and oxygen atoms in total. The highest BCUT2D eigenvalue weighted by Gasteiger charge is 2.30. The van der Waals surface area contributed by atoms with E-state index in [0.29, 0.717) is 18.2 Å². The van der Waals surface area contributed by atoms with Crippen LogP contribution in [0.4, 0.5) is 0 Å². The van der Waals surface area contributed by atoms with Crippen molar-refractivity contribution in [2.75, 3.05) is 26.3 Å². The molecule has 0 aliphatic carbocycles. The van der Waals surface area contributed by atoms with E-state index in [4.69, 9.17) is 16.3 Å². The molecule has 1 aliphatic heterocycles. The zero-order valence-corrected chi connectivity index (χ0v) is 16.2. The number of halogens is 1. The molecule has 1 fully saturated rings. The number of morpholine rings is 1. The van der Waals surface area contributed by atoms with E-state index in [1.54, 1.807) is 12.1 Å². The van der Waals surface area contributed by atoms with E-state index in [9.17, 15) is 8.42 Å². The number of hydrogen-bond donors (Lipinski definition) is 1. The third-order valence-corrected chi connectivity index (χ3v) is 6.35. The quantitative estimate of drug-likeness (QED) is 0.818. The lowest BCUT2D eigenvalue weighted by Crippen LogP contribution is -2.48. The summed E-state index contributed by atoms with van der Waals surface area (Å²) < 4.78 is 33.8. The van der Waals surface area contributed by atoms with Crippen LogP contribution >= 0.6 is 11.6 Å². The monoisotopic (exact) mass is 394 g/mol. The summed E-state index contributed by atoms with van der Waals surface area (Å²) in [6, 6.07) is 15.8. The minimum atomic E-state index is -3.63. The van der Waals surface area contributed by atoms with Gasteiger partial charge in [0.2, 0.25) is 10.0 Å². The van der Waals surface area contributed by atoms with Crippen LogP contribution in [0.25, 0.3) is 0 Å². The van der Waals surface area contributed by atoms with Crippen molar-refractivity contribution in [3.8, 4) is 0 Å². The van der Waals surface area contributed by atoms with E-state index in [1.165, 1.54) is 12.1 Å². The first-order valence-electron chi connectivity index (χ1n) is 8.62. The average molecular weight is 395 g/mol. The Labute approximate surface area is 160 Å². The molecule has 0 amide bonds. The number of hydrogen-bond acceptors (Lipinski definition) is 4. The SMILES string of the molecule is C[C@H](NS(=O)(=O)c1ccc(Cl)cc1)[C@H](c1ccccc1)N1CCOCC1. The highest BCUT2D eigenvalue weighted by atomic mass is 35.5. The molecule has 1 saturated heterocycles. The molecule has 0 saturated carbocycles. The Kier molecular flexibility index (Phi) is 6.32. The summed E-state index contributed by atoms with van der Waals surface area (Å²) in [5.74, 6) is 0. The maximum absolute atomic E-state index is 12.8. The summed E-state index contributed by atoms with van der Waals surface area (Å²) in [4.78, 5) is 2.48. The van der Waals surface area contributed by atoms with Crippen molar-refractivity contribution < 1.29 is 13.2 Å². The van der Waals surface area contributed by atoms with Crippen LogP contribution in [0.2, 0.25) is 5.02 Å². The van der Waals surface area contributed by atoms with Crippen molar-refractivity contribution >= 4 is 21.6 Å². The molecule has 7 heteroatoms. The zero-order chi connectivity index (χ0) is 18.6. The number of nitrogens with zero attached hydrogens (tertiary/aromatic N) is 1. The number of sulfonamides is 1. The Morgan fingerprint density at radius 2 is 1.65 bits per heavy atom. The fourth-order valence-electron chi connectivity index (χ4n) is 3.31. The van der Waals surface area contributed by atoms with E-state index < -0.39 is 10.0 Å². The van der Waals surface area contributed by atoms with Gasteiger partial charge < -0.3 is 4.74 Å². The molecule has 0 bridgehead atoms. The lowest BCUT2D eigenvalue weighted by molar-refractivity contribution is 0.0105. The third-order valence-electron chi connectivity index (χ3n) is 4.52. The molecule has 2 aromatic carbocycles. The first kappa shape index (κ1) is 19.3. The third kappa shape index (κ3) is 4.64. The smallest absolute Gasteiger partial charge is 0.240 e. The lowest BCUT2D eigenvalue weighted by Gasteiger charge is -2.38. The molecule has 1 aliphatic rings. The van der Waals surface area contributed by atoms with Crippen LogP contribution in [0, 0.1) is 0 Å². The lowest BCUT2D eigenvalue weighted by atomic mass is 9.99. The molecule has 0 aromatic heterocycles. The summed E-state index contributed by atoms with van der Waals surface area (Å²) in [5.41, 5.74) is 1.08. The molecule has 1 heterocycles. The van der Waals surface area contributed by atoms with E-state index in [-0.39, 0.29) is 17.0 Å². The summed E-state index contributed by atoms with van der Waals surface area (Å²) in [7, 11) is -3.63. The second-order valence-corrected chi connectivity index (χ2v) is 8.52. The van der Waals surface area contributed by atoms with Gasteiger partial charge in [-0.1, -0.05) is 41.9 Å². The highest BCUT2D eigenvalue weighted by Crippen LogP contribution is 2.26. The van der Waals surface area contributed by atoms with Crippen molar-refractivity contribution in [1.29, 1.82) is 0 Å². The Hall–Kier alpha value is -1.44. The van der Waals surface area contributed by atoms with Gasteiger partial charge in [-0.2, -0.15) is 0 Å². The van der Waals surface area contributed by atoms with Gasteiger partial charge in [0.15, 0.2) is 0 Å². The first-order valence-corrected chi connectivity index (χ1v) is 10.5. The predicted octanol–water partition coefficient (Wildman–Crippen LogP) is 3.08. The highest BCUT2D eigenvalue weighted by molar-refractivity contribution is 7.89. The molecule has 26 heavy (non-hydrogen) atoms. The van der Waals surface area contributed by atoms with Gasteiger partial charge in [0, 0.05) is 24.2 Å². The predicted molar refractivity (Wildman–Crippen MR) is 103 cm³/mol. The Morgan fingerprint density at radius 1 is 1.04 bits per heavy atom. The molecule has 0 radical (unpaired) electrons. The molecule has 0 spiro atoms. The molecular formula is C19H23ClN2O3S. The molecule has 3 rings (SSSR count). The van der Waals surface area contributed by atoms with Gasteiger partial charge in [-0.3, -0.25) is 4.90 Å². The number of ether oxygens (including phenoxy) is 1. The molecule has 0 unspecified atom stereocenters.